The van der Waals surface area contributed by atoms with Crippen LogP contribution < -0.4 is 22.1 Å². The molecule has 2 aromatic heterocycles. The average Bonchev–Trinajstić information content (AvgIpc) is 3.71. The molecule has 1 aromatic carbocycles. The zero-order valence-corrected chi connectivity index (χ0v) is 21.7. The number of rotatable bonds is 7. The van der Waals surface area contributed by atoms with Gasteiger partial charge in [-0.15, -0.1) is 0 Å². The number of amides is 2. The highest BCUT2D eigenvalue weighted by molar-refractivity contribution is 5.95. The first-order valence-corrected chi connectivity index (χ1v) is 13.3. The van der Waals surface area contributed by atoms with Crippen molar-refractivity contribution in [1.29, 1.82) is 0 Å². The maximum absolute atomic E-state index is 13.3. The second-order valence-electron chi connectivity index (χ2n) is 10.8. The van der Waals surface area contributed by atoms with Crippen LogP contribution in [0.1, 0.15) is 62.5 Å². The lowest BCUT2D eigenvalue weighted by molar-refractivity contribution is 0.0926. The Morgan fingerprint density at radius 1 is 1.05 bits per heavy atom. The molecule has 5 rings (SSSR count). The summed E-state index contributed by atoms with van der Waals surface area (Å²) in [6.07, 6.45) is 3.87. The molecule has 2 N–H and O–H groups in total. The van der Waals surface area contributed by atoms with Gasteiger partial charge in [-0.1, -0.05) is 6.07 Å². The summed E-state index contributed by atoms with van der Waals surface area (Å²) in [5, 5.41) is 3.30. The van der Waals surface area contributed by atoms with Crippen LogP contribution in [0.5, 0.6) is 0 Å². The number of urea groups is 1. The lowest BCUT2D eigenvalue weighted by Gasteiger charge is -2.32. The van der Waals surface area contributed by atoms with Crippen molar-refractivity contribution in [1.82, 2.24) is 19.0 Å². The molecule has 0 bridgehead atoms. The Labute approximate surface area is 219 Å². The summed E-state index contributed by atoms with van der Waals surface area (Å²) in [6.45, 7) is 5.23. The summed E-state index contributed by atoms with van der Waals surface area (Å²) in [5.74, 6) is 0.197. The standard InChI is InChI=1S/C28H33N5O5/c1-17(2)33-23-11-10-20(14-21(23)26(36)32(28(33)38)16-18-8-9-18)29-27(37)31-12-4-5-19(15-31)13-24(34)22-6-3-7-25(35)30-22/h3,6-7,10-11,14,17-19H,4-5,8-9,12-13,15-16H2,1-2H3,(H,29,37)(H,30,35). The van der Waals surface area contributed by atoms with E-state index in [0.29, 0.717) is 42.1 Å². The normalized spacial score (nSPS) is 17.7. The van der Waals surface area contributed by atoms with Crippen LogP contribution in [0.4, 0.5) is 10.5 Å². The molecule has 1 saturated carbocycles. The van der Waals surface area contributed by atoms with E-state index in [4.69, 9.17) is 0 Å². The van der Waals surface area contributed by atoms with E-state index >= 15 is 0 Å². The number of nitrogens with one attached hydrogen (secondary N) is 2. The number of hydrogen-bond donors (Lipinski definition) is 2. The number of aromatic amines is 1. The van der Waals surface area contributed by atoms with Crippen molar-refractivity contribution in [3.63, 3.8) is 0 Å². The Morgan fingerprint density at radius 2 is 1.84 bits per heavy atom. The molecule has 1 unspecified atom stereocenters. The fourth-order valence-electron chi connectivity index (χ4n) is 5.28. The van der Waals surface area contributed by atoms with Gasteiger partial charge in [0.2, 0.25) is 5.56 Å². The number of H-pyrrole nitrogens is 1. The lowest BCUT2D eigenvalue weighted by Crippen LogP contribution is -2.43. The molecule has 1 aliphatic heterocycles. The van der Waals surface area contributed by atoms with Crippen molar-refractivity contribution in [2.24, 2.45) is 11.8 Å². The van der Waals surface area contributed by atoms with Crippen LogP contribution >= 0.6 is 0 Å². The first kappa shape index (κ1) is 25.7. The topological polar surface area (TPSA) is 126 Å². The van der Waals surface area contributed by atoms with Crippen molar-refractivity contribution in [3.8, 4) is 0 Å². The highest BCUT2D eigenvalue weighted by Crippen LogP contribution is 2.30. The van der Waals surface area contributed by atoms with E-state index in [2.05, 4.69) is 10.3 Å². The Morgan fingerprint density at radius 3 is 2.55 bits per heavy atom. The third-order valence-corrected chi connectivity index (χ3v) is 7.42. The van der Waals surface area contributed by atoms with E-state index in [9.17, 15) is 24.0 Å². The zero-order chi connectivity index (χ0) is 27.0. The summed E-state index contributed by atoms with van der Waals surface area (Å²) in [5.41, 5.74) is 0.361. The highest BCUT2D eigenvalue weighted by Gasteiger charge is 2.27. The molecule has 3 aromatic rings. The molecule has 2 fully saturated rings. The summed E-state index contributed by atoms with van der Waals surface area (Å²) < 4.78 is 2.97. The number of likely N-dealkylation sites (tertiary alicyclic amines) is 1. The van der Waals surface area contributed by atoms with Crippen LogP contribution in [0.15, 0.2) is 50.8 Å². The monoisotopic (exact) mass is 519 g/mol. The summed E-state index contributed by atoms with van der Waals surface area (Å²) in [4.78, 5) is 67.9. The van der Waals surface area contributed by atoms with Crippen LogP contribution in [-0.4, -0.2) is 43.9 Å². The molecule has 0 radical (unpaired) electrons. The van der Waals surface area contributed by atoms with Crippen LogP contribution in [0, 0.1) is 11.8 Å². The largest absolute Gasteiger partial charge is 0.331 e. The molecule has 1 aliphatic carbocycles. The van der Waals surface area contributed by atoms with Crippen molar-refractivity contribution < 1.29 is 9.59 Å². The number of hydrogen-bond acceptors (Lipinski definition) is 5. The van der Waals surface area contributed by atoms with Crippen molar-refractivity contribution in [2.45, 2.75) is 58.5 Å². The fourth-order valence-corrected chi connectivity index (χ4v) is 5.28. The van der Waals surface area contributed by atoms with Gasteiger partial charge in [-0.2, -0.15) is 0 Å². The molecule has 38 heavy (non-hydrogen) atoms. The zero-order valence-electron chi connectivity index (χ0n) is 21.7. The minimum absolute atomic E-state index is 0.0163. The quantitative estimate of drug-likeness (QED) is 0.463. The van der Waals surface area contributed by atoms with Gasteiger partial charge >= 0.3 is 11.7 Å². The number of benzene rings is 1. The summed E-state index contributed by atoms with van der Waals surface area (Å²) >= 11 is 0. The third kappa shape index (κ3) is 5.34. The van der Waals surface area contributed by atoms with Crippen LogP contribution in [0.25, 0.3) is 10.9 Å². The maximum Gasteiger partial charge on any atom is 0.331 e. The molecule has 10 nitrogen and oxygen atoms in total. The molecule has 1 saturated heterocycles. The van der Waals surface area contributed by atoms with Gasteiger partial charge in [0, 0.05) is 43.9 Å². The van der Waals surface area contributed by atoms with E-state index in [-0.39, 0.29) is 52.7 Å². The van der Waals surface area contributed by atoms with Crippen LogP contribution in [0.3, 0.4) is 0 Å². The first-order valence-electron chi connectivity index (χ1n) is 13.3. The van der Waals surface area contributed by atoms with Gasteiger partial charge in [-0.3, -0.25) is 23.5 Å². The summed E-state index contributed by atoms with van der Waals surface area (Å²) in [6, 6.07) is 9.15. The Balaban J connectivity index is 1.33. The van der Waals surface area contributed by atoms with Gasteiger partial charge in [0.1, 0.15) is 0 Å². The van der Waals surface area contributed by atoms with Gasteiger partial charge < -0.3 is 15.2 Å². The van der Waals surface area contributed by atoms with E-state index in [1.54, 1.807) is 39.8 Å². The van der Waals surface area contributed by atoms with Gasteiger partial charge in [0.05, 0.1) is 16.6 Å². The molecular weight excluding hydrogens is 486 g/mol. The van der Waals surface area contributed by atoms with Gasteiger partial charge in [-0.25, -0.2) is 9.59 Å². The van der Waals surface area contributed by atoms with Gasteiger partial charge in [0.25, 0.3) is 5.56 Å². The van der Waals surface area contributed by atoms with E-state index in [1.807, 2.05) is 13.8 Å². The van der Waals surface area contributed by atoms with Crippen molar-refractivity contribution >= 4 is 28.4 Å². The van der Waals surface area contributed by atoms with E-state index in [1.165, 1.54) is 10.6 Å². The highest BCUT2D eigenvalue weighted by atomic mass is 16.2. The molecule has 0 spiro atoms. The van der Waals surface area contributed by atoms with Crippen molar-refractivity contribution in [3.05, 3.63) is 73.3 Å². The molecule has 2 aliphatic rings. The van der Waals surface area contributed by atoms with Crippen LogP contribution in [0.2, 0.25) is 0 Å². The number of Topliss-reactive ketones (excluding diaryl/α,β-unsaturated/α-hetero) is 1. The smallest absolute Gasteiger partial charge is 0.324 e. The molecule has 2 amide bonds. The number of carbonyl (C=O) groups excluding carboxylic acids is 2. The summed E-state index contributed by atoms with van der Waals surface area (Å²) in [7, 11) is 0. The van der Waals surface area contributed by atoms with Crippen LogP contribution in [-0.2, 0) is 6.54 Å². The minimum Gasteiger partial charge on any atom is -0.324 e. The third-order valence-electron chi connectivity index (χ3n) is 7.42. The lowest BCUT2D eigenvalue weighted by atomic mass is 9.92. The number of nitrogens with zero attached hydrogens (tertiary/aromatic N) is 3. The second kappa shape index (κ2) is 10.4. The number of anilines is 1. The molecule has 10 heteroatoms. The average molecular weight is 520 g/mol. The predicted molar refractivity (Wildman–Crippen MR) is 145 cm³/mol. The van der Waals surface area contributed by atoms with Gasteiger partial charge in [0.15, 0.2) is 5.78 Å². The number of fused-ring (bicyclic) bond motifs is 1. The number of piperidine rings is 1. The number of pyridine rings is 1. The fraction of sp³-hybridized carbons (Fsp3) is 0.464. The predicted octanol–water partition coefficient (Wildman–Crippen LogP) is 3.36. The first-order chi connectivity index (χ1) is 18.2. The Bertz CT molecular complexity index is 1560. The second-order valence-corrected chi connectivity index (χ2v) is 10.8. The Hall–Kier alpha value is -3.95. The number of ketones is 1. The maximum atomic E-state index is 13.3. The SMILES string of the molecule is CC(C)n1c(=O)n(CC2CC2)c(=O)c2cc(NC(=O)N3CCCC(CC(=O)c4cccc(=O)[nH]4)C3)ccc21. The Kier molecular flexibility index (Phi) is 7.05. The molecule has 1 atom stereocenters. The number of aromatic nitrogens is 3. The molecular formula is C28H33N5O5. The molecule has 3 heterocycles. The van der Waals surface area contributed by atoms with Gasteiger partial charge in [-0.05, 0) is 75.6 Å². The number of carbonyl (C=O) groups is 2. The van der Waals surface area contributed by atoms with Crippen molar-refractivity contribution in [2.75, 3.05) is 18.4 Å². The minimum atomic E-state index is -0.333. The van der Waals surface area contributed by atoms with E-state index in [0.717, 1.165) is 25.7 Å². The van der Waals surface area contributed by atoms with E-state index < -0.39 is 0 Å². The molecule has 200 valence electrons.